The van der Waals surface area contributed by atoms with Gasteiger partial charge in [-0.1, -0.05) is 13.0 Å². The van der Waals surface area contributed by atoms with Crippen molar-refractivity contribution in [2.75, 3.05) is 13.1 Å². The number of rotatable bonds is 3. The number of pyridine rings is 1. The monoisotopic (exact) mass is 190 g/mol. The molecule has 0 aromatic carbocycles. The van der Waals surface area contributed by atoms with Gasteiger partial charge in [-0.2, -0.15) is 0 Å². The van der Waals surface area contributed by atoms with Gasteiger partial charge < -0.3 is 0 Å². The molecule has 2 heterocycles. The Hall–Kier alpha value is -0.890. The Morgan fingerprint density at radius 2 is 1.93 bits per heavy atom. The van der Waals surface area contributed by atoms with Gasteiger partial charge in [0.25, 0.3) is 0 Å². The van der Waals surface area contributed by atoms with Crippen LogP contribution in [0.4, 0.5) is 0 Å². The number of aryl methyl sites for hydroxylation is 1. The third-order valence-electron chi connectivity index (χ3n) is 2.81. The second kappa shape index (κ2) is 4.56. The molecule has 2 nitrogen and oxygen atoms in total. The smallest absolute Gasteiger partial charge is 0.0547 e. The van der Waals surface area contributed by atoms with Gasteiger partial charge in [-0.25, -0.2) is 0 Å². The van der Waals surface area contributed by atoms with Gasteiger partial charge in [0.15, 0.2) is 0 Å². The zero-order valence-electron chi connectivity index (χ0n) is 8.87. The molecule has 2 heteroatoms. The number of likely N-dealkylation sites (tertiary alicyclic amines) is 1. The molecule has 0 atom stereocenters. The first-order valence-corrected chi connectivity index (χ1v) is 5.55. The quantitative estimate of drug-likeness (QED) is 0.726. The Kier molecular flexibility index (Phi) is 3.14. The molecule has 1 saturated heterocycles. The van der Waals surface area contributed by atoms with E-state index in [-0.39, 0.29) is 0 Å². The lowest BCUT2D eigenvalue weighted by Crippen LogP contribution is -2.19. The van der Waals surface area contributed by atoms with E-state index >= 15 is 0 Å². The zero-order chi connectivity index (χ0) is 9.80. The van der Waals surface area contributed by atoms with E-state index in [1.54, 1.807) is 0 Å². The SMILES string of the molecule is CCc1cccc(CN2CCCC2)n1. The lowest BCUT2D eigenvalue weighted by molar-refractivity contribution is 0.327. The molecule has 0 aliphatic carbocycles. The van der Waals surface area contributed by atoms with Crippen molar-refractivity contribution in [1.29, 1.82) is 0 Å². The molecule has 1 aliphatic heterocycles. The highest BCUT2D eigenvalue weighted by atomic mass is 15.1. The van der Waals surface area contributed by atoms with Gasteiger partial charge >= 0.3 is 0 Å². The maximum Gasteiger partial charge on any atom is 0.0547 e. The Balaban J connectivity index is 2.00. The van der Waals surface area contributed by atoms with E-state index in [2.05, 4.69) is 35.0 Å². The molecule has 0 unspecified atom stereocenters. The van der Waals surface area contributed by atoms with E-state index in [1.165, 1.54) is 37.3 Å². The van der Waals surface area contributed by atoms with Crippen molar-refractivity contribution in [3.05, 3.63) is 29.6 Å². The van der Waals surface area contributed by atoms with Crippen molar-refractivity contribution in [2.45, 2.75) is 32.7 Å². The summed E-state index contributed by atoms with van der Waals surface area (Å²) >= 11 is 0. The number of aromatic nitrogens is 1. The van der Waals surface area contributed by atoms with Crippen LogP contribution in [-0.4, -0.2) is 23.0 Å². The van der Waals surface area contributed by atoms with E-state index in [0.717, 1.165) is 13.0 Å². The Morgan fingerprint density at radius 1 is 1.21 bits per heavy atom. The lowest BCUT2D eigenvalue weighted by Gasteiger charge is -2.13. The van der Waals surface area contributed by atoms with Gasteiger partial charge in [-0.3, -0.25) is 9.88 Å². The van der Waals surface area contributed by atoms with Gasteiger partial charge in [0, 0.05) is 12.2 Å². The fraction of sp³-hybridized carbons (Fsp3) is 0.583. The van der Waals surface area contributed by atoms with Crippen molar-refractivity contribution in [3.8, 4) is 0 Å². The summed E-state index contributed by atoms with van der Waals surface area (Å²) in [7, 11) is 0. The second-order valence-corrected chi connectivity index (χ2v) is 3.96. The predicted molar refractivity (Wildman–Crippen MR) is 58.1 cm³/mol. The highest BCUT2D eigenvalue weighted by Crippen LogP contribution is 2.11. The van der Waals surface area contributed by atoms with Crippen LogP contribution in [0.1, 0.15) is 31.2 Å². The fourth-order valence-corrected chi connectivity index (χ4v) is 1.98. The maximum absolute atomic E-state index is 4.61. The largest absolute Gasteiger partial charge is 0.298 e. The summed E-state index contributed by atoms with van der Waals surface area (Å²) < 4.78 is 0. The molecule has 0 N–H and O–H groups in total. The molecule has 0 bridgehead atoms. The minimum atomic E-state index is 1.04. The van der Waals surface area contributed by atoms with E-state index < -0.39 is 0 Å². The van der Waals surface area contributed by atoms with Gasteiger partial charge in [-0.15, -0.1) is 0 Å². The van der Waals surface area contributed by atoms with Crippen molar-refractivity contribution in [3.63, 3.8) is 0 Å². The van der Waals surface area contributed by atoms with Gasteiger partial charge in [0.05, 0.1) is 5.69 Å². The Bertz CT molecular complexity index is 290. The zero-order valence-corrected chi connectivity index (χ0v) is 8.87. The summed E-state index contributed by atoms with van der Waals surface area (Å²) in [4.78, 5) is 7.10. The van der Waals surface area contributed by atoms with Crippen molar-refractivity contribution in [2.24, 2.45) is 0 Å². The average molecular weight is 190 g/mol. The molecule has 14 heavy (non-hydrogen) atoms. The summed E-state index contributed by atoms with van der Waals surface area (Å²) in [6.07, 6.45) is 3.74. The third kappa shape index (κ3) is 2.32. The lowest BCUT2D eigenvalue weighted by atomic mass is 10.2. The molecule has 1 fully saturated rings. The summed E-state index contributed by atoms with van der Waals surface area (Å²) in [6.45, 7) is 5.69. The average Bonchev–Trinajstić information content (AvgIpc) is 2.71. The third-order valence-corrected chi connectivity index (χ3v) is 2.81. The Labute approximate surface area is 86.0 Å². The van der Waals surface area contributed by atoms with Gasteiger partial charge in [0.2, 0.25) is 0 Å². The van der Waals surface area contributed by atoms with E-state index in [1.807, 2.05) is 0 Å². The molecule has 0 radical (unpaired) electrons. The van der Waals surface area contributed by atoms with Gasteiger partial charge in [-0.05, 0) is 44.5 Å². The van der Waals surface area contributed by atoms with Crippen LogP contribution in [0.3, 0.4) is 0 Å². The minimum Gasteiger partial charge on any atom is -0.298 e. The van der Waals surface area contributed by atoms with Crippen molar-refractivity contribution >= 4 is 0 Å². The molecule has 1 aliphatic rings. The van der Waals surface area contributed by atoms with Crippen LogP contribution in [0.2, 0.25) is 0 Å². The summed E-state index contributed by atoms with van der Waals surface area (Å²) in [5, 5.41) is 0. The molecule has 2 rings (SSSR count). The maximum atomic E-state index is 4.61. The van der Waals surface area contributed by atoms with Crippen LogP contribution in [0.25, 0.3) is 0 Å². The molecule has 1 aromatic heterocycles. The highest BCUT2D eigenvalue weighted by molar-refractivity contribution is 5.11. The summed E-state index contributed by atoms with van der Waals surface area (Å²) in [6, 6.07) is 6.36. The van der Waals surface area contributed by atoms with Crippen LogP contribution in [-0.2, 0) is 13.0 Å². The number of hydrogen-bond acceptors (Lipinski definition) is 2. The summed E-state index contributed by atoms with van der Waals surface area (Å²) in [5.41, 5.74) is 2.44. The first-order chi connectivity index (χ1) is 6.88. The predicted octanol–water partition coefficient (Wildman–Crippen LogP) is 2.24. The van der Waals surface area contributed by atoms with Crippen LogP contribution in [0, 0.1) is 0 Å². The van der Waals surface area contributed by atoms with Crippen LogP contribution < -0.4 is 0 Å². The topological polar surface area (TPSA) is 16.1 Å². The molecular weight excluding hydrogens is 172 g/mol. The van der Waals surface area contributed by atoms with E-state index in [4.69, 9.17) is 0 Å². The molecule has 0 spiro atoms. The standard InChI is InChI=1S/C12H18N2/c1-2-11-6-5-7-12(13-11)10-14-8-3-4-9-14/h5-7H,2-4,8-10H2,1H3. The van der Waals surface area contributed by atoms with Crippen LogP contribution in [0.15, 0.2) is 18.2 Å². The molecule has 1 aromatic rings. The normalized spacial score (nSPS) is 17.5. The highest BCUT2D eigenvalue weighted by Gasteiger charge is 2.11. The van der Waals surface area contributed by atoms with Crippen molar-refractivity contribution in [1.82, 2.24) is 9.88 Å². The first kappa shape index (κ1) is 9.66. The minimum absolute atomic E-state index is 1.04. The van der Waals surface area contributed by atoms with Gasteiger partial charge in [0.1, 0.15) is 0 Å². The number of hydrogen-bond donors (Lipinski definition) is 0. The van der Waals surface area contributed by atoms with Crippen LogP contribution >= 0.6 is 0 Å². The molecule has 76 valence electrons. The van der Waals surface area contributed by atoms with E-state index in [0.29, 0.717) is 0 Å². The first-order valence-electron chi connectivity index (χ1n) is 5.55. The van der Waals surface area contributed by atoms with E-state index in [9.17, 15) is 0 Å². The Morgan fingerprint density at radius 3 is 2.64 bits per heavy atom. The van der Waals surface area contributed by atoms with Crippen LogP contribution in [0.5, 0.6) is 0 Å². The fourth-order valence-electron chi connectivity index (χ4n) is 1.98. The molecule has 0 saturated carbocycles. The summed E-state index contributed by atoms with van der Waals surface area (Å²) in [5.74, 6) is 0. The molecule has 0 amide bonds. The second-order valence-electron chi connectivity index (χ2n) is 3.96. The van der Waals surface area contributed by atoms with Crippen molar-refractivity contribution < 1.29 is 0 Å². The molecular formula is C12H18N2. The number of nitrogens with zero attached hydrogens (tertiary/aromatic N) is 2.